The Morgan fingerprint density at radius 3 is 2.00 bits per heavy atom. The Bertz CT molecular complexity index is 1700. The molecule has 2 heteroatoms. The maximum Gasteiger partial charge on any atom is 0.136 e. The lowest BCUT2D eigenvalue weighted by molar-refractivity contribution is -0.828. The van der Waals surface area contributed by atoms with Crippen LogP contribution in [-0.4, -0.2) is 20.1 Å². The van der Waals surface area contributed by atoms with Crippen molar-refractivity contribution in [1.82, 2.24) is 0 Å². The number of nitrogens with one attached hydrogen (secondary N) is 1. The minimum atomic E-state index is -0.0561. The molecule has 0 fully saturated rings. The summed E-state index contributed by atoms with van der Waals surface area (Å²) in [7, 11) is 4.48. The predicted molar refractivity (Wildman–Crippen MR) is 168 cm³/mol. The number of quaternary nitrogens is 1. The van der Waals surface area contributed by atoms with Gasteiger partial charge in [0.25, 0.3) is 0 Å². The first-order valence-corrected chi connectivity index (χ1v) is 14.1. The average Bonchev–Trinajstić information content (AvgIpc) is 3.25. The zero-order valence-corrected chi connectivity index (χ0v) is 24.0. The predicted octanol–water partition coefficient (Wildman–Crippen LogP) is 7.78. The van der Waals surface area contributed by atoms with Crippen molar-refractivity contribution in [3.63, 3.8) is 0 Å². The fourth-order valence-corrected chi connectivity index (χ4v) is 7.25. The molecule has 2 aliphatic rings. The highest BCUT2D eigenvalue weighted by Gasteiger charge is 2.47. The molecule has 1 N–H and O–H groups in total. The molecule has 2 heterocycles. The maximum atomic E-state index is 2.39. The highest BCUT2D eigenvalue weighted by atomic mass is 15.2. The van der Waals surface area contributed by atoms with E-state index in [1.54, 1.807) is 0 Å². The molecular weight excluding hydrogens is 472 g/mol. The number of nitrogens with zero attached hydrogens (tertiary/aromatic N) is 1. The molecule has 6 rings (SSSR count). The Kier molecular flexibility index (Phi) is 6.12. The fourth-order valence-electron chi connectivity index (χ4n) is 7.25. The second-order valence-electron chi connectivity index (χ2n) is 12.2. The first-order valence-electron chi connectivity index (χ1n) is 14.1. The van der Waals surface area contributed by atoms with E-state index in [2.05, 4.69) is 162 Å². The molecule has 2 nitrogen and oxygen atoms in total. The Hall–Kier alpha value is -3.88. The Labute approximate surface area is 233 Å². The van der Waals surface area contributed by atoms with Crippen molar-refractivity contribution in [3.05, 3.63) is 132 Å². The highest BCUT2D eigenvalue weighted by molar-refractivity contribution is 5.95. The van der Waals surface area contributed by atoms with Crippen molar-refractivity contribution in [2.75, 3.05) is 19.0 Å². The van der Waals surface area contributed by atoms with Crippen molar-refractivity contribution in [3.8, 4) is 0 Å². The second-order valence-corrected chi connectivity index (χ2v) is 12.2. The van der Waals surface area contributed by atoms with E-state index in [0.29, 0.717) is 6.04 Å². The van der Waals surface area contributed by atoms with Gasteiger partial charge in [0.1, 0.15) is 11.7 Å². The van der Waals surface area contributed by atoms with Gasteiger partial charge in [0, 0.05) is 29.4 Å². The molecule has 2 unspecified atom stereocenters. The van der Waals surface area contributed by atoms with Crippen LogP contribution in [0.2, 0.25) is 0 Å². The molecule has 0 saturated carbocycles. The molecule has 39 heavy (non-hydrogen) atoms. The van der Waals surface area contributed by atoms with Gasteiger partial charge in [0.2, 0.25) is 0 Å². The maximum absolute atomic E-state index is 2.39. The van der Waals surface area contributed by atoms with Crippen LogP contribution in [0.5, 0.6) is 0 Å². The van der Waals surface area contributed by atoms with Crippen molar-refractivity contribution in [2.45, 2.75) is 44.6 Å². The normalized spacial score (nSPS) is 22.7. The number of anilines is 1. The second kappa shape index (κ2) is 9.39. The summed E-state index contributed by atoms with van der Waals surface area (Å²) in [4.78, 5) is 3.81. The van der Waals surface area contributed by atoms with Crippen LogP contribution >= 0.6 is 0 Å². The molecule has 0 bridgehead atoms. The lowest BCUT2D eigenvalue weighted by atomic mass is 9.78. The number of fused-ring (bicyclic) bond motifs is 6. The van der Waals surface area contributed by atoms with E-state index in [9.17, 15) is 0 Å². The van der Waals surface area contributed by atoms with Gasteiger partial charge in [-0.3, -0.25) is 4.90 Å². The molecule has 0 amide bonds. The van der Waals surface area contributed by atoms with Crippen LogP contribution in [0.25, 0.3) is 21.5 Å². The minimum Gasteiger partial charge on any atom is -0.347 e. The van der Waals surface area contributed by atoms with Gasteiger partial charge in [-0.1, -0.05) is 98.8 Å². The molecular formula is C37H39N2+. The summed E-state index contributed by atoms with van der Waals surface area (Å²) in [6.07, 6.45) is 15.5. The summed E-state index contributed by atoms with van der Waals surface area (Å²) in [5.41, 5.74) is 6.94. The van der Waals surface area contributed by atoms with Crippen molar-refractivity contribution in [1.29, 1.82) is 0 Å². The van der Waals surface area contributed by atoms with E-state index < -0.39 is 0 Å². The summed E-state index contributed by atoms with van der Waals surface area (Å²) in [6, 6.07) is 27.0. The largest absolute Gasteiger partial charge is 0.347 e. The number of hydrogen-bond donors (Lipinski definition) is 1. The molecule has 4 aromatic carbocycles. The third-order valence-corrected chi connectivity index (χ3v) is 9.14. The van der Waals surface area contributed by atoms with Crippen molar-refractivity contribution < 1.29 is 4.90 Å². The molecule has 2 aliphatic heterocycles. The number of hydrogen-bond acceptors (Lipinski definition) is 1. The number of rotatable bonds is 4. The average molecular weight is 512 g/mol. The Morgan fingerprint density at radius 2 is 1.28 bits per heavy atom. The number of likely N-dealkylation sites (N-methyl/N-ethyl adjacent to an activating group) is 2. The van der Waals surface area contributed by atoms with E-state index in [1.807, 2.05) is 0 Å². The monoisotopic (exact) mass is 511 g/mol. The molecule has 0 aliphatic carbocycles. The molecule has 4 aromatic rings. The summed E-state index contributed by atoms with van der Waals surface area (Å²) in [6.45, 7) is 9.45. The van der Waals surface area contributed by atoms with Crippen LogP contribution in [0.3, 0.4) is 0 Å². The van der Waals surface area contributed by atoms with Crippen LogP contribution in [0, 0.1) is 0 Å². The summed E-state index contributed by atoms with van der Waals surface area (Å²) in [5, 5.41) is 5.37. The van der Waals surface area contributed by atoms with Crippen LogP contribution < -0.4 is 9.80 Å². The smallest absolute Gasteiger partial charge is 0.136 e. The highest BCUT2D eigenvalue weighted by Crippen LogP contribution is 2.50. The van der Waals surface area contributed by atoms with Gasteiger partial charge in [-0.15, -0.1) is 0 Å². The van der Waals surface area contributed by atoms with Crippen LogP contribution in [0.4, 0.5) is 11.4 Å². The minimum absolute atomic E-state index is 0.0561. The standard InChI is InChI=1S/C37H38N2/c1-36(2)32(38(5)30-24-22-26-16-12-14-18-28(26)34(30)36)20-10-8-7-9-11-21-33-37(3,4)35-29-19-15-13-17-27(29)23-25-31(35)39(33)6/h7-25,32H,1-6H3/p+1/b8-7+,11-9+,20-10+,33-21-. The van der Waals surface area contributed by atoms with Gasteiger partial charge < -0.3 is 4.90 Å². The Morgan fingerprint density at radius 1 is 0.692 bits per heavy atom. The van der Waals surface area contributed by atoms with Gasteiger partial charge in [-0.2, -0.15) is 0 Å². The summed E-state index contributed by atoms with van der Waals surface area (Å²) >= 11 is 0. The van der Waals surface area contributed by atoms with Gasteiger partial charge in [0.15, 0.2) is 0 Å². The molecule has 0 saturated heterocycles. The van der Waals surface area contributed by atoms with Crippen LogP contribution in [0.1, 0.15) is 38.8 Å². The van der Waals surface area contributed by atoms with Crippen LogP contribution in [0.15, 0.2) is 121 Å². The third-order valence-electron chi connectivity index (χ3n) is 9.14. The van der Waals surface area contributed by atoms with Gasteiger partial charge in [-0.05, 0) is 71.3 Å². The number of benzene rings is 4. The topological polar surface area (TPSA) is 7.68 Å². The van der Waals surface area contributed by atoms with E-state index in [0.717, 1.165) is 0 Å². The molecule has 0 spiro atoms. The summed E-state index contributed by atoms with van der Waals surface area (Å²) in [5.74, 6) is 0. The zero-order chi connectivity index (χ0) is 27.4. The first-order chi connectivity index (χ1) is 18.7. The molecule has 0 radical (unpaired) electrons. The number of allylic oxidation sites excluding steroid dienone is 7. The van der Waals surface area contributed by atoms with E-state index in [1.165, 1.54) is 54.6 Å². The quantitative estimate of drug-likeness (QED) is 0.275. The van der Waals surface area contributed by atoms with Crippen molar-refractivity contribution >= 4 is 32.9 Å². The lowest BCUT2D eigenvalue weighted by Crippen LogP contribution is -3.07. The van der Waals surface area contributed by atoms with Crippen molar-refractivity contribution in [2.24, 2.45) is 0 Å². The van der Waals surface area contributed by atoms with E-state index >= 15 is 0 Å². The lowest BCUT2D eigenvalue weighted by Gasteiger charge is -2.25. The first kappa shape index (κ1) is 25.4. The summed E-state index contributed by atoms with van der Waals surface area (Å²) < 4.78 is 0. The van der Waals surface area contributed by atoms with E-state index in [-0.39, 0.29) is 10.8 Å². The van der Waals surface area contributed by atoms with Gasteiger partial charge in [-0.25, -0.2) is 0 Å². The molecule has 2 atom stereocenters. The van der Waals surface area contributed by atoms with Gasteiger partial charge >= 0.3 is 0 Å². The van der Waals surface area contributed by atoms with Crippen LogP contribution in [-0.2, 0) is 10.8 Å². The third kappa shape index (κ3) is 3.97. The SMILES string of the molecule is CN1\C(=C/C=C/C=C/C=C/C2[NH+](C)c3ccc4ccccc4c3C2(C)C)C(C)(C)c2c1ccc1ccccc21. The molecule has 196 valence electrons. The van der Waals surface area contributed by atoms with Gasteiger partial charge in [0.05, 0.1) is 12.5 Å². The Balaban J connectivity index is 1.19. The van der Waals surface area contributed by atoms with E-state index in [4.69, 9.17) is 0 Å². The fraction of sp³-hybridized carbons (Fsp3) is 0.243. The molecule has 0 aromatic heterocycles. The zero-order valence-electron chi connectivity index (χ0n) is 24.0.